The van der Waals surface area contributed by atoms with E-state index in [2.05, 4.69) is 5.32 Å². The highest BCUT2D eigenvalue weighted by Gasteiger charge is 2.36. The number of hydrogen-bond acceptors (Lipinski definition) is 7. The van der Waals surface area contributed by atoms with Crippen LogP contribution in [0.4, 0.5) is 0 Å². The van der Waals surface area contributed by atoms with Gasteiger partial charge in [-0.25, -0.2) is 4.79 Å². The minimum atomic E-state index is -2.26. The Bertz CT molecular complexity index is 1370. The largest absolute Gasteiger partial charge is 0.465 e. The van der Waals surface area contributed by atoms with Gasteiger partial charge in [0.2, 0.25) is 0 Å². The van der Waals surface area contributed by atoms with Crippen molar-refractivity contribution in [3.05, 3.63) is 82.4 Å². The van der Waals surface area contributed by atoms with Gasteiger partial charge in [0.15, 0.2) is 6.29 Å². The van der Waals surface area contributed by atoms with E-state index in [1.54, 1.807) is 18.2 Å². The lowest BCUT2D eigenvalue weighted by Gasteiger charge is -2.19. The molecule has 0 saturated heterocycles. The molecule has 3 aromatic carbocycles. The highest BCUT2D eigenvalue weighted by molar-refractivity contribution is 6.18. The highest BCUT2D eigenvalue weighted by Crippen LogP contribution is 2.36. The molecule has 0 aliphatic rings. The number of esters is 1. The van der Waals surface area contributed by atoms with Crippen molar-refractivity contribution < 1.29 is 19.1 Å². The van der Waals surface area contributed by atoms with Gasteiger partial charge >= 0.3 is 5.97 Å². The van der Waals surface area contributed by atoms with Gasteiger partial charge in [-0.2, -0.15) is 15.8 Å². The maximum atomic E-state index is 13.1. The molecule has 0 aliphatic carbocycles. The number of carbonyl (C=O) groups is 3. The first-order valence-corrected chi connectivity index (χ1v) is 10.2. The Morgan fingerprint density at radius 2 is 1.59 bits per heavy atom. The molecule has 166 valence electrons. The number of carbonyl (C=O) groups excluding carboxylic acids is 3. The highest BCUT2D eigenvalue weighted by atomic mass is 16.5. The van der Waals surface area contributed by atoms with E-state index in [9.17, 15) is 30.2 Å². The number of fused-ring (bicyclic) bond motifs is 1. The molecule has 0 atom stereocenters. The molecule has 0 spiro atoms. The van der Waals surface area contributed by atoms with Crippen LogP contribution in [0.1, 0.15) is 42.2 Å². The van der Waals surface area contributed by atoms with Crippen LogP contribution in [0.2, 0.25) is 0 Å². The Kier molecular flexibility index (Phi) is 7.01. The Balaban J connectivity index is 2.22. The van der Waals surface area contributed by atoms with Crippen molar-refractivity contribution >= 4 is 28.9 Å². The first-order chi connectivity index (χ1) is 16.5. The molecule has 0 heterocycles. The van der Waals surface area contributed by atoms with Crippen molar-refractivity contribution in [1.82, 2.24) is 5.32 Å². The normalized spacial score (nSPS) is 10.4. The van der Waals surface area contributed by atoms with E-state index in [4.69, 9.17) is 4.74 Å². The lowest BCUT2D eigenvalue weighted by molar-refractivity contribution is 0.0602. The standard InChI is InChI=1S/C26H18N4O4/c1-34-25(33)20-8-7-18(13-31)22-21(26(14-27,15-28)16-29)10-9-19(23(20)22)24(32)30-12-11-17-5-3-2-4-6-17/h2-10,13H,11-12H2,1H3,(H,30,32). The van der Waals surface area contributed by atoms with Gasteiger partial charge in [0.25, 0.3) is 11.3 Å². The summed E-state index contributed by atoms with van der Waals surface area (Å²) in [7, 11) is 1.16. The minimum Gasteiger partial charge on any atom is -0.465 e. The number of nitrogens with one attached hydrogen (secondary N) is 1. The number of hydrogen-bond donors (Lipinski definition) is 1. The number of benzene rings is 3. The average molecular weight is 450 g/mol. The monoisotopic (exact) mass is 450 g/mol. The van der Waals surface area contributed by atoms with Crippen LogP contribution < -0.4 is 5.32 Å². The molecule has 0 saturated carbocycles. The lowest BCUT2D eigenvalue weighted by atomic mass is 9.79. The second-order valence-corrected chi connectivity index (χ2v) is 7.30. The summed E-state index contributed by atoms with van der Waals surface area (Å²) in [6.07, 6.45) is 1.04. The molecule has 3 rings (SSSR count). The number of rotatable bonds is 7. The van der Waals surface area contributed by atoms with E-state index in [1.807, 2.05) is 30.3 Å². The van der Waals surface area contributed by atoms with Gasteiger partial charge in [-0.3, -0.25) is 9.59 Å². The Hall–Kier alpha value is -5.00. The zero-order valence-electron chi connectivity index (χ0n) is 18.2. The molecular formula is C26H18N4O4. The summed E-state index contributed by atoms with van der Waals surface area (Å²) < 4.78 is 4.84. The van der Waals surface area contributed by atoms with Crippen molar-refractivity contribution in [2.75, 3.05) is 13.7 Å². The molecule has 0 unspecified atom stereocenters. The van der Waals surface area contributed by atoms with Crippen LogP contribution in [0, 0.1) is 34.0 Å². The predicted molar refractivity (Wildman–Crippen MR) is 122 cm³/mol. The molecule has 0 fully saturated rings. The molecule has 0 radical (unpaired) electrons. The van der Waals surface area contributed by atoms with Gasteiger partial charge in [-0.05, 0) is 24.1 Å². The van der Waals surface area contributed by atoms with Crippen molar-refractivity contribution in [3.63, 3.8) is 0 Å². The van der Waals surface area contributed by atoms with Crippen LogP contribution in [0.25, 0.3) is 10.8 Å². The number of methoxy groups -OCH3 is 1. The zero-order chi connectivity index (χ0) is 24.7. The van der Waals surface area contributed by atoms with Gasteiger partial charge in [0.1, 0.15) is 18.2 Å². The van der Waals surface area contributed by atoms with Crippen LogP contribution in [0.5, 0.6) is 0 Å². The van der Waals surface area contributed by atoms with Gasteiger partial charge in [-0.15, -0.1) is 0 Å². The molecule has 0 aromatic heterocycles. The van der Waals surface area contributed by atoms with Crippen LogP contribution in [-0.2, 0) is 16.6 Å². The first kappa shape index (κ1) is 23.7. The van der Waals surface area contributed by atoms with Crippen LogP contribution in [0.15, 0.2) is 54.6 Å². The minimum absolute atomic E-state index is 0.00161. The number of nitriles is 3. The Morgan fingerprint density at radius 1 is 0.941 bits per heavy atom. The van der Waals surface area contributed by atoms with E-state index in [0.29, 0.717) is 19.3 Å². The quantitative estimate of drug-likeness (QED) is 0.430. The smallest absolute Gasteiger partial charge is 0.338 e. The third-order valence-corrected chi connectivity index (χ3v) is 5.42. The first-order valence-electron chi connectivity index (χ1n) is 10.2. The molecule has 0 bridgehead atoms. The van der Waals surface area contributed by atoms with Gasteiger partial charge in [0.05, 0.1) is 12.7 Å². The topological polar surface area (TPSA) is 144 Å². The van der Waals surface area contributed by atoms with E-state index < -0.39 is 17.3 Å². The third kappa shape index (κ3) is 4.19. The van der Waals surface area contributed by atoms with E-state index in [1.165, 1.54) is 24.3 Å². The summed E-state index contributed by atoms with van der Waals surface area (Å²) in [5, 5.41) is 31.7. The molecule has 8 nitrogen and oxygen atoms in total. The van der Waals surface area contributed by atoms with Gasteiger partial charge in [0, 0.05) is 34.0 Å². The second kappa shape index (κ2) is 10.1. The third-order valence-electron chi connectivity index (χ3n) is 5.42. The molecule has 1 amide bonds. The summed E-state index contributed by atoms with van der Waals surface area (Å²) in [6.45, 7) is 0.297. The van der Waals surface area contributed by atoms with Crippen molar-refractivity contribution in [2.24, 2.45) is 0 Å². The number of nitrogens with zero attached hydrogens (tertiary/aromatic N) is 3. The van der Waals surface area contributed by atoms with Crippen LogP contribution in [0.3, 0.4) is 0 Å². The van der Waals surface area contributed by atoms with E-state index in [-0.39, 0.29) is 33.0 Å². The number of ether oxygens (including phenoxy) is 1. The van der Waals surface area contributed by atoms with Crippen molar-refractivity contribution in [2.45, 2.75) is 11.8 Å². The zero-order valence-corrected chi connectivity index (χ0v) is 18.2. The maximum absolute atomic E-state index is 13.1. The molecule has 3 aromatic rings. The maximum Gasteiger partial charge on any atom is 0.338 e. The van der Waals surface area contributed by atoms with Crippen LogP contribution in [-0.4, -0.2) is 31.8 Å². The Morgan fingerprint density at radius 3 is 2.18 bits per heavy atom. The fourth-order valence-electron chi connectivity index (χ4n) is 3.72. The van der Waals surface area contributed by atoms with E-state index >= 15 is 0 Å². The summed E-state index contributed by atoms with van der Waals surface area (Å²) in [5.74, 6) is -1.31. The number of amides is 1. The van der Waals surface area contributed by atoms with Crippen molar-refractivity contribution in [1.29, 1.82) is 15.8 Å². The van der Waals surface area contributed by atoms with Crippen molar-refractivity contribution in [3.8, 4) is 18.2 Å². The second-order valence-electron chi connectivity index (χ2n) is 7.30. The molecule has 1 N–H and O–H groups in total. The summed E-state index contributed by atoms with van der Waals surface area (Å²) in [4.78, 5) is 37.5. The summed E-state index contributed by atoms with van der Waals surface area (Å²) in [5.41, 5.74) is -1.32. The van der Waals surface area contributed by atoms with Crippen LogP contribution >= 0.6 is 0 Å². The average Bonchev–Trinajstić information content (AvgIpc) is 2.89. The number of aldehydes is 1. The van der Waals surface area contributed by atoms with Gasteiger partial charge < -0.3 is 10.1 Å². The molecule has 0 aliphatic heterocycles. The fraction of sp³-hybridized carbons (Fsp3) is 0.154. The lowest BCUT2D eigenvalue weighted by Crippen LogP contribution is -2.27. The Labute approximate surface area is 195 Å². The molecule has 8 heteroatoms. The molecular weight excluding hydrogens is 432 g/mol. The molecule has 34 heavy (non-hydrogen) atoms. The summed E-state index contributed by atoms with van der Waals surface area (Å²) >= 11 is 0. The van der Waals surface area contributed by atoms with E-state index in [0.717, 1.165) is 12.7 Å². The predicted octanol–water partition coefficient (Wildman–Crippen LogP) is 3.22. The van der Waals surface area contributed by atoms with Gasteiger partial charge in [-0.1, -0.05) is 42.5 Å². The SMILES string of the molecule is COC(=O)c1ccc(C=O)c2c(C(C#N)(C#N)C#N)ccc(C(=O)NCCc3ccccc3)c12. The fourth-order valence-corrected chi connectivity index (χ4v) is 3.72. The summed E-state index contributed by atoms with van der Waals surface area (Å²) in [6, 6.07) is 19.8.